The normalized spacial score (nSPS) is 17.1. The first kappa shape index (κ1) is 19.3. The van der Waals surface area contributed by atoms with Crippen molar-refractivity contribution < 1.29 is 24.2 Å². The van der Waals surface area contributed by atoms with Crippen LogP contribution >= 0.6 is 0 Å². The molecule has 0 atom stereocenters. The van der Waals surface area contributed by atoms with Gasteiger partial charge in [-0.3, -0.25) is 14.5 Å². The first-order valence-electron chi connectivity index (χ1n) is 9.37. The van der Waals surface area contributed by atoms with E-state index in [0.717, 1.165) is 32.1 Å². The van der Waals surface area contributed by atoms with Crippen molar-refractivity contribution in [3.63, 3.8) is 0 Å². The minimum Gasteiger partial charge on any atom is -0.394 e. The molecule has 1 aliphatic carbocycles. The highest BCUT2D eigenvalue weighted by Gasteiger charge is 2.40. The Bertz CT molecular complexity index is 715. The molecule has 2 aliphatic rings. The van der Waals surface area contributed by atoms with E-state index in [1.54, 1.807) is 18.2 Å². The van der Waals surface area contributed by atoms with Crippen molar-refractivity contribution in [1.82, 2.24) is 10.2 Å². The van der Waals surface area contributed by atoms with Crippen molar-refractivity contribution in [1.29, 1.82) is 0 Å². The summed E-state index contributed by atoms with van der Waals surface area (Å²) in [5.41, 5.74) is 1.19. The van der Waals surface area contributed by atoms with Crippen LogP contribution in [0.4, 0.5) is 10.5 Å². The molecule has 0 bridgehead atoms. The summed E-state index contributed by atoms with van der Waals surface area (Å²) < 4.78 is 5.06. The Hall–Kier alpha value is -2.45. The number of ether oxygens (including phenoxy) is 1. The zero-order valence-electron chi connectivity index (χ0n) is 15.2. The molecule has 0 spiro atoms. The zero-order valence-corrected chi connectivity index (χ0v) is 15.2. The molecule has 1 fully saturated rings. The van der Waals surface area contributed by atoms with Crippen molar-refractivity contribution in [2.45, 2.75) is 38.1 Å². The van der Waals surface area contributed by atoms with Gasteiger partial charge >= 0.3 is 6.03 Å². The number of rotatable bonds is 7. The van der Waals surface area contributed by atoms with E-state index >= 15 is 0 Å². The smallest absolute Gasteiger partial charge is 0.319 e. The summed E-state index contributed by atoms with van der Waals surface area (Å²) in [4.78, 5) is 38.7. The molecule has 1 saturated carbocycles. The fourth-order valence-corrected chi connectivity index (χ4v) is 3.59. The van der Waals surface area contributed by atoms with Crippen LogP contribution in [0.1, 0.15) is 52.8 Å². The van der Waals surface area contributed by atoms with Crippen molar-refractivity contribution in [3.05, 3.63) is 29.3 Å². The highest BCUT2D eigenvalue weighted by molar-refractivity contribution is 6.22. The molecule has 0 saturated heterocycles. The van der Waals surface area contributed by atoms with Gasteiger partial charge in [-0.25, -0.2) is 4.79 Å². The number of fused-ring (bicyclic) bond motifs is 1. The first-order valence-corrected chi connectivity index (χ1v) is 9.37. The van der Waals surface area contributed by atoms with Crippen LogP contribution in [-0.4, -0.2) is 60.3 Å². The Labute approximate surface area is 157 Å². The molecule has 0 aromatic heterocycles. The van der Waals surface area contributed by atoms with Gasteiger partial charge in [-0.2, -0.15) is 0 Å². The van der Waals surface area contributed by atoms with Crippen LogP contribution in [0.25, 0.3) is 0 Å². The lowest BCUT2D eigenvalue weighted by molar-refractivity contribution is 0.0549. The SMILES string of the molecule is O=C(NCCOCCO)Nc1ccc2c(c1)C(=O)N(C1CCCCC1)C2=O. The van der Waals surface area contributed by atoms with Crippen LogP contribution in [-0.2, 0) is 4.74 Å². The van der Waals surface area contributed by atoms with Crippen molar-refractivity contribution in [3.8, 4) is 0 Å². The molecule has 0 unspecified atom stereocenters. The number of amides is 4. The van der Waals surface area contributed by atoms with Crippen LogP contribution in [0.2, 0.25) is 0 Å². The summed E-state index contributed by atoms with van der Waals surface area (Å²) >= 11 is 0. The molecule has 3 N–H and O–H groups in total. The molecular weight excluding hydrogens is 350 g/mol. The first-order chi connectivity index (χ1) is 13.1. The van der Waals surface area contributed by atoms with E-state index in [1.165, 1.54) is 4.90 Å². The predicted molar refractivity (Wildman–Crippen MR) is 98.7 cm³/mol. The minimum atomic E-state index is -0.427. The van der Waals surface area contributed by atoms with E-state index in [9.17, 15) is 14.4 Å². The number of carbonyl (C=O) groups is 3. The number of carbonyl (C=O) groups excluding carboxylic acids is 3. The van der Waals surface area contributed by atoms with Gasteiger partial charge in [0.05, 0.1) is 30.9 Å². The fourth-order valence-electron chi connectivity index (χ4n) is 3.59. The number of benzene rings is 1. The van der Waals surface area contributed by atoms with Gasteiger partial charge in [0.25, 0.3) is 11.8 Å². The molecule has 1 heterocycles. The van der Waals surface area contributed by atoms with Gasteiger partial charge in [0, 0.05) is 18.3 Å². The molecule has 8 nitrogen and oxygen atoms in total. The van der Waals surface area contributed by atoms with Gasteiger partial charge in [0.2, 0.25) is 0 Å². The quantitative estimate of drug-likeness (QED) is 0.497. The molecular formula is C19H25N3O5. The van der Waals surface area contributed by atoms with E-state index in [4.69, 9.17) is 9.84 Å². The highest BCUT2D eigenvalue weighted by atomic mass is 16.5. The summed E-state index contributed by atoms with van der Waals surface area (Å²) in [7, 11) is 0. The minimum absolute atomic E-state index is 0.0234. The molecule has 0 radical (unpaired) electrons. The Morgan fingerprint density at radius 2 is 1.85 bits per heavy atom. The maximum absolute atomic E-state index is 12.8. The van der Waals surface area contributed by atoms with E-state index < -0.39 is 6.03 Å². The van der Waals surface area contributed by atoms with Gasteiger partial charge in [0.1, 0.15) is 0 Å². The van der Waals surface area contributed by atoms with Crippen molar-refractivity contribution in [2.24, 2.45) is 0 Å². The number of hydrogen-bond donors (Lipinski definition) is 3. The van der Waals surface area contributed by atoms with E-state index in [2.05, 4.69) is 10.6 Å². The Kier molecular flexibility index (Phi) is 6.41. The van der Waals surface area contributed by atoms with Crippen molar-refractivity contribution in [2.75, 3.05) is 31.7 Å². The number of imide groups is 1. The zero-order chi connectivity index (χ0) is 19.2. The second-order valence-corrected chi connectivity index (χ2v) is 6.75. The summed E-state index contributed by atoms with van der Waals surface area (Å²) in [5, 5.41) is 13.9. The van der Waals surface area contributed by atoms with Crippen LogP contribution in [0.15, 0.2) is 18.2 Å². The standard InChI is InChI=1S/C19H25N3O5/c23-9-11-27-10-8-20-19(26)21-13-6-7-15-16(12-13)18(25)22(17(15)24)14-4-2-1-3-5-14/h6-7,12,14,23H,1-5,8-11H2,(H2,20,21,26). The van der Waals surface area contributed by atoms with Crippen LogP contribution in [0.3, 0.4) is 0 Å². The lowest BCUT2D eigenvalue weighted by atomic mass is 9.94. The average molecular weight is 375 g/mol. The third-order valence-corrected chi connectivity index (χ3v) is 4.88. The molecule has 8 heteroatoms. The molecule has 4 amide bonds. The number of nitrogens with zero attached hydrogens (tertiary/aromatic N) is 1. The second kappa shape index (κ2) is 8.96. The Morgan fingerprint density at radius 3 is 2.59 bits per heavy atom. The third kappa shape index (κ3) is 4.45. The summed E-state index contributed by atoms with van der Waals surface area (Å²) in [6.45, 7) is 0.749. The second-order valence-electron chi connectivity index (χ2n) is 6.75. The number of anilines is 1. The molecule has 27 heavy (non-hydrogen) atoms. The summed E-state index contributed by atoms with van der Waals surface area (Å²) in [5.74, 6) is -0.512. The molecule has 3 rings (SSSR count). The molecule has 1 aliphatic heterocycles. The average Bonchev–Trinajstić information content (AvgIpc) is 2.92. The van der Waals surface area contributed by atoms with Gasteiger partial charge in [-0.05, 0) is 31.0 Å². The topological polar surface area (TPSA) is 108 Å². The largest absolute Gasteiger partial charge is 0.394 e. The number of hydrogen-bond acceptors (Lipinski definition) is 5. The lowest BCUT2D eigenvalue weighted by Gasteiger charge is -2.29. The van der Waals surface area contributed by atoms with E-state index in [-0.39, 0.29) is 31.1 Å². The molecule has 1 aromatic rings. The molecule has 146 valence electrons. The van der Waals surface area contributed by atoms with Crippen LogP contribution < -0.4 is 10.6 Å². The molecule has 1 aromatic carbocycles. The van der Waals surface area contributed by atoms with Gasteiger partial charge in [-0.1, -0.05) is 19.3 Å². The number of aliphatic hydroxyl groups excluding tert-OH is 1. The maximum atomic E-state index is 12.8. The predicted octanol–water partition coefficient (Wildman–Crippen LogP) is 1.75. The Balaban J connectivity index is 1.61. The van der Waals surface area contributed by atoms with Gasteiger partial charge in [0.15, 0.2) is 0 Å². The Morgan fingerprint density at radius 1 is 1.11 bits per heavy atom. The number of urea groups is 1. The summed E-state index contributed by atoms with van der Waals surface area (Å²) in [6.07, 6.45) is 4.93. The van der Waals surface area contributed by atoms with Crippen LogP contribution in [0.5, 0.6) is 0 Å². The lowest BCUT2D eigenvalue weighted by Crippen LogP contribution is -2.40. The number of nitrogens with one attached hydrogen (secondary N) is 2. The van der Waals surface area contributed by atoms with E-state index in [0.29, 0.717) is 30.0 Å². The monoisotopic (exact) mass is 375 g/mol. The fraction of sp³-hybridized carbons (Fsp3) is 0.526. The summed E-state index contributed by atoms with van der Waals surface area (Å²) in [6, 6.07) is 4.32. The van der Waals surface area contributed by atoms with Gasteiger partial charge < -0.3 is 20.5 Å². The van der Waals surface area contributed by atoms with Gasteiger partial charge in [-0.15, -0.1) is 0 Å². The number of aliphatic hydroxyl groups is 1. The maximum Gasteiger partial charge on any atom is 0.319 e. The van der Waals surface area contributed by atoms with Crippen molar-refractivity contribution >= 4 is 23.5 Å². The highest BCUT2D eigenvalue weighted by Crippen LogP contribution is 2.32. The third-order valence-electron chi connectivity index (χ3n) is 4.88. The van der Waals surface area contributed by atoms with E-state index in [1.807, 2.05) is 0 Å². The van der Waals surface area contributed by atoms with Crippen LogP contribution in [0, 0.1) is 0 Å².